The van der Waals surface area contributed by atoms with Crippen LogP contribution in [0.2, 0.25) is 5.15 Å². The summed E-state index contributed by atoms with van der Waals surface area (Å²) in [6, 6.07) is 0. The molecule has 0 aliphatic carbocycles. The minimum atomic E-state index is -0.735. The van der Waals surface area contributed by atoms with Gasteiger partial charge in [0.1, 0.15) is 23.0 Å². The summed E-state index contributed by atoms with van der Waals surface area (Å²) in [6.45, 7) is 12.1. The average Bonchev–Trinajstić information content (AvgIpc) is 2.96. The Kier molecular flexibility index (Phi) is 6.38. The highest BCUT2D eigenvalue weighted by atomic mass is 35.5. The van der Waals surface area contributed by atoms with Crippen molar-refractivity contribution in [3.63, 3.8) is 0 Å². The number of carbonyl (C=O) groups is 2. The lowest BCUT2D eigenvalue weighted by Crippen LogP contribution is -2.38. The zero-order valence-electron chi connectivity index (χ0n) is 17.5. The lowest BCUT2D eigenvalue weighted by atomic mass is 10.2. The van der Waals surface area contributed by atoms with Crippen LogP contribution in [0.25, 0.3) is 11.2 Å². The molecule has 2 aromatic rings. The summed E-state index contributed by atoms with van der Waals surface area (Å²) < 4.78 is 11.9. The third kappa shape index (κ3) is 5.81. The van der Waals surface area contributed by atoms with E-state index in [1.165, 1.54) is 6.33 Å². The molecule has 0 radical (unpaired) electrons. The second kappa shape index (κ2) is 8.25. The normalized spacial score (nSPS) is 11.6. The predicted molar refractivity (Wildman–Crippen MR) is 109 cm³/mol. The smallest absolute Gasteiger partial charge is 0.421 e. The molecule has 10 heteroatoms. The van der Waals surface area contributed by atoms with E-state index in [0.717, 1.165) is 9.47 Å². The van der Waals surface area contributed by atoms with Crippen molar-refractivity contribution in [2.24, 2.45) is 0 Å². The summed E-state index contributed by atoms with van der Waals surface area (Å²) in [4.78, 5) is 38.8. The second-order valence-electron chi connectivity index (χ2n) is 8.07. The molecule has 2 rings (SSSR count). The molecule has 0 saturated heterocycles. The van der Waals surface area contributed by atoms with Crippen LogP contribution in [0, 0.1) is 11.8 Å². The molecule has 2 aromatic heterocycles. The van der Waals surface area contributed by atoms with Crippen molar-refractivity contribution in [3.8, 4) is 11.8 Å². The van der Waals surface area contributed by atoms with Crippen LogP contribution in [-0.4, -0.2) is 49.5 Å². The van der Waals surface area contributed by atoms with Crippen molar-refractivity contribution in [1.82, 2.24) is 19.5 Å². The Morgan fingerprint density at radius 1 is 1.14 bits per heavy atom. The number of carbonyl (C=O) groups excluding carboxylic acids is 2. The van der Waals surface area contributed by atoms with Crippen molar-refractivity contribution < 1.29 is 19.1 Å². The predicted octanol–water partition coefficient (Wildman–Crippen LogP) is 4.03. The van der Waals surface area contributed by atoms with Crippen molar-refractivity contribution >= 4 is 40.9 Å². The molecule has 0 fully saturated rings. The molecular formula is C19H24ClN5O4. The standard InChI is InChI=1S/C19H24ClN5O4/c1-8-9-10-24(16(26)28-18(2,3)4)15-22-13(20)12-14(23-15)25(11-21-12)17(27)29-19(5,6)7/h11H,10H2,1-7H3. The Bertz CT molecular complexity index is 992. The zero-order valence-corrected chi connectivity index (χ0v) is 18.3. The summed E-state index contributed by atoms with van der Waals surface area (Å²) in [6.07, 6.45) is -0.135. The first-order valence-electron chi connectivity index (χ1n) is 8.86. The van der Waals surface area contributed by atoms with Gasteiger partial charge >= 0.3 is 12.2 Å². The molecule has 0 bridgehead atoms. The number of anilines is 1. The van der Waals surface area contributed by atoms with E-state index in [1.807, 2.05) is 0 Å². The highest BCUT2D eigenvalue weighted by Crippen LogP contribution is 2.24. The molecule has 0 saturated carbocycles. The molecule has 0 aliphatic rings. The first kappa shape index (κ1) is 22.4. The van der Waals surface area contributed by atoms with Gasteiger partial charge < -0.3 is 9.47 Å². The van der Waals surface area contributed by atoms with Crippen LogP contribution < -0.4 is 4.90 Å². The first-order chi connectivity index (χ1) is 13.3. The fourth-order valence-electron chi connectivity index (χ4n) is 2.11. The van der Waals surface area contributed by atoms with Gasteiger partial charge in [0.15, 0.2) is 10.8 Å². The fourth-order valence-corrected chi connectivity index (χ4v) is 2.32. The van der Waals surface area contributed by atoms with Gasteiger partial charge in [0.2, 0.25) is 5.95 Å². The summed E-state index contributed by atoms with van der Waals surface area (Å²) in [5, 5.41) is -0.0228. The molecule has 2 heterocycles. The Morgan fingerprint density at radius 3 is 2.31 bits per heavy atom. The van der Waals surface area contributed by atoms with Gasteiger partial charge in [0, 0.05) is 0 Å². The maximum absolute atomic E-state index is 12.7. The van der Waals surface area contributed by atoms with Crippen LogP contribution in [-0.2, 0) is 9.47 Å². The van der Waals surface area contributed by atoms with Gasteiger partial charge in [-0.3, -0.25) is 0 Å². The van der Waals surface area contributed by atoms with Crippen LogP contribution >= 0.6 is 11.6 Å². The van der Waals surface area contributed by atoms with E-state index >= 15 is 0 Å². The Morgan fingerprint density at radius 2 is 1.76 bits per heavy atom. The van der Waals surface area contributed by atoms with Gasteiger partial charge in [-0.05, 0) is 48.5 Å². The minimum absolute atomic E-state index is 0.0200. The van der Waals surface area contributed by atoms with E-state index < -0.39 is 23.4 Å². The number of halogens is 1. The third-order valence-corrected chi connectivity index (χ3v) is 3.46. The number of nitrogens with zero attached hydrogens (tertiary/aromatic N) is 5. The maximum atomic E-state index is 12.7. The molecule has 1 amide bonds. The monoisotopic (exact) mass is 421 g/mol. The van der Waals surface area contributed by atoms with Crippen LogP contribution in [0.4, 0.5) is 15.5 Å². The minimum Gasteiger partial charge on any atom is -0.443 e. The molecule has 0 spiro atoms. The van der Waals surface area contributed by atoms with Gasteiger partial charge in [-0.25, -0.2) is 24.0 Å². The Labute approximate surface area is 174 Å². The number of amides is 1. The van der Waals surface area contributed by atoms with Gasteiger partial charge in [0.05, 0.1) is 6.54 Å². The molecule has 29 heavy (non-hydrogen) atoms. The molecule has 0 unspecified atom stereocenters. The van der Waals surface area contributed by atoms with Crippen molar-refractivity contribution in [1.29, 1.82) is 0 Å². The molecule has 9 nitrogen and oxygen atoms in total. The number of hydrogen-bond donors (Lipinski definition) is 0. The summed E-state index contributed by atoms with van der Waals surface area (Å²) in [5.41, 5.74) is -1.15. The van der Waals surface area contributed by atoms with Crippen molar-refractivity contribution in [2.75, 3.05) is 11.4 Å². The highest BCUT2D eigenvalue weighted by molar-refractivity contribution is 6.33. The van der Waals surface area contributed by atoms with Gasteiger partial charge in [-0.1, -0.05) is 17.5 Å². The fraction of sp³-hybridized carbons (Fsp3) is 0.526. The van der Waals surface area contributed by atoms with Crippen molar-refractivity contribution in [3.05, 3.63) is 11.5 Å². The molecule has 0 aromatic carbocycles. The highest BCUT2D eigenvalue weighted by Gasteiger charge is 2.27. The van der Waals surface area contributed by atoms with Crippen molar-refractivity contribution in [2.45, 2.75) is 59.7 Å². The second-order valence-corrected chi connectivity index (χ2v) is 8.43. The first-order valence-corrected chi connectivity index (χ1v) is 9.24. The SMILES string of the molecule is CC#CCN(C(=O)OC(C)(C)C)c1nc(Cl)c2ncn(C(=O)OC(C)(C)C)c2n1. The largest absolute Gasteiger partial charge is 0.443 e. The molecule has 0 aliphatic heterocycles. The third-order valence-electron chi connectivity index (χ3n) is 3.20. The summed E-state index contributed by atoms with van der Waals surface area (Å²) in [7, 11) is 0. The van der Waals surface area contributed by atoms with E-state index in [4.69, 9.17) is 21.1 Å². The molecular weight excluding hydrogens is 398 g/mol. The number of fused-ring (bicyclic) bond motifs is 1. The average molecular weight is 422 g/mol. The van der Waals surface area contributed by atoms with Gasteiger partial charge in [-0.2, -0.15) is 9.97 Å². The number of imidazole rings is 1. The van der Waals surface area contributed by atoms with E-state index in [1.54, 1.807) is 48.5 Å². The molecule has 0 N–H and O–H groups in total. The summed E-state index contributed by atoms with van der Waals surface area (Å²) >= 11 is 6.24. The van der Waals surface area contributed by atoms with Crippen LogP contribution in [0.1, 0.15) is 48.5 Å². The molecule has 156 valence electrons. The number of ether oxygens (including phenoxy) is 2. The van der Waals surface area contributed by atoms with E-state index in [-0.39, 0.29) is 28.8 Å². The van der Waals surface area contributed by atoms with E-state index in [2.05, 4.69) is 26.8 Å². The van der Waals surface area contributed by atoms with Gasteiger partial charge in [-0.15, -0.1) is 5.92 Å². The Hall–Kier alpha value is -2.86. The van der Waals surface area contributed by atoms with Crippen LogP contribution in [0.15, 0.2) is 6.33 Å². The van der Waals surface area contributed by atoms with E-state index in [0.29, 0.717) is 0 Å². The number of hydrogen-bond acceptors (Lipinski definition) is 7. The Balaban J connectivity index is 2.54. The van der Waals surface area contributed by atoms with Gasteiger partial charge in [0.25, 0.3) is 0 Å². The quantitative estimate of drug-likeness (QED) is 0.533. The number of aromatic nitrogens is 4. The molecule has 0 atom stereocenters. The lowest BCUT2D eigenvalue weighted by molar-refractivity contribution is 0.0541. The number of rotatable bonds is 2. The van der Waals surface area contributed by atoms with Crippen LogP contribution in [0.3, 0.4) is 0 Å². The summed E-state index contributed by atoms with van der Waals surface area (Å²) in [5.74, 6) is 5.42. The topological polar surface area (TPSA) is 99.4 Å². The maximum Gasteiger partial charge on any atom is 0.421 e. The van der Waals surface area contributed by atoms with Crippen LogP contribution in [0.5, 0.6) is 0 Å². The van der Waals surface area contributed by atoms with E-state index in [9.17, 15) is 9.59 Å². The lowest BCUT2D eigenvalue weighted by Gasteiger charge is -2.25. The zero-order chi connectivity index (χ0) is 22.0.